The highest BCUT2D eigenvalue weighted by Crippen LogP contribution is 2.33. The zero-order valence-electron chi connectivity index (χ0n) is 11.1. The number of hydrogen-bond donors (Lipinski definition) is 1. The van der Waals surface area contributed by atoms with E-state index >= 15 is 0 Å². The van der Waals surface area contributed by atoms with Gasteiger partial charge in [-0.15, -0.1) is 0 Å². The standard InChI is InChI=1S/C15H18BrN3/c1-19-15(14(16)13(9-17)18-19)12-7-6-10-4-2-3-5-11(10)8-12/h6-8H,2-5,9,17H2,1H3. The van der Waals surface area contributed by atoms with Crippen molar-refractivity contribution < 1.29 is 0 Å². The zero-order chi connectivity index (χ0) is 13.4. The summed E-state index contributed by atoms with van der Waals surface area (Å²) in [5.74, 6) is 0. The van der Waals surface area contributed by atoms with Crippen molar-refractivity contribution in [1.29, 1.82) is 0 Å². The average molecular weight is 320 g/mol. The summed E-state index contributed by atoms with van der Waals surface area (Å²) in [5, 5.41) is 4.46. The van der Waals surface area contributed by atoms with Gasteiger partial charge in [0.1, 0.15) is 0 Å². The van der Waals surface area contributed by atoms with Gasteiger partial charge in [0.15, 0.2) is 0 Å². The number of nitrogens with zero attached hydrogens (tertiary/aromatic N) is 2. The Kier molecular flexibility index (Phi) is 3.46. The zero-order valence-corrected chi connectivity index (χ0v) is 12.7. The molecule has 0 fully saturated rings. The fourth-order valence-corrected chi connectivity index (χ4v) is 3.61. The molecule has 2 aromatic rings. The third-order valence-corrected chi connectivity index (χ3v) is 4.70. The van der Waals surface area contributed by atoms with Gasteiger partial charge in [-0.25, -0.2) is 0 Å². The van der Waals surface area contributed by atoms with Crippen LogP contribution in [0.3, 0.4) is 0 Å². The Balaban J connectivity index is 2.09. The van der Waals surface area contributed by atoms with E-state index in [0.717, 1.165) is 15.9 Å². The molecule has 0 bridgehead atoms. The highest BCUT2D eigenvalue weighted by atomic mass is 79.9. The van der Waals surface area contributed by atoms with E-state index in [1.165, 1.54) is 42.4 Å². The number of halogens is 1. The number of fused-ring (bicyclic) bond motifs is 1. The summed E-state index contributed by atoms with van der Waals surface area (Å²) < 4.78 is 2.94. The summed E-state index contributed by atoms with van der Waals surface area (Å²) in [6.07, 6.45) is 5.04. The monoisotopic (exact) mass is 319 g/mol. The molecule has 1 aromatic heterocycles. The van der Waals surface area contributed by atoms with Crippen LogP contribution in [0, 0.1) is 0 Å². The normalized spacial score (nSPS) is 14.5. The molecule has 0 aliphatic heterocycles. The number of benzene rings is 1. The van der Waals surface area contributed by atoms with Gasteiger partial charge in [0.2, 0.25) is 0 Å². The van der Waals surface area contributed by atoms with E-state index in [1.54, 1.807) is 0 Å². The summed E-state index contributed by atoms with van der Waals surface area (Å²) in [6.45, 7) is 0.458. The lowest BCUT2D eigenvalue weighted by Crippen LogP contribution is -2.03. The molecule has 4 heteroatoms. The minimum Gasteiger partial charge on any atom is -0.325 e. The molecule has 0 amide bonds. The smallest absolute Gasteiger partial charge is 0.0908 e. The van der Waals surface area contributed by atoms with Crippen LogP contribution in [0.2, 0.25) is 0 Å². The number of nitrogens with two attached hydrogens (primary N) is 1. The van der Waals surface area contributed by atoms with Crippen molar-refractivity contribution in [2.24, 2.45) is 12.8 Å². The second kappa shape index (κ2) is 5.10. The first-order valence-corrected chi connectivity index (χ1v) is 7.53. The fourth-order valence-electron chi connectivity index (χ4n) is 2.88. The highest BCUT2D eigenvalue weighted by molar-refractivity contribution is 9.10. The predicted molar refractivity (Wildman–Crippen MR) is 80.9 cm³/mol. The fraction of sp³-hybridized carbons (Fsp3) is 0.400. The first-order chi connectivity index (χ1) is 9.20. The van der Waals surface area contributed by atoms with E-state index < -0.39 is 0 Å². The molecular weight excluding hydrogens is 302 g/mol. The lowest BCUT2D eigenvalue weighted by atomic mass is 9.90. The van der Waals surface area contributed by atoms with Crippen molar-refractivity contribution in [3.05, 3.63) is 39.5 Å². The highest BCUT2D eigenvalue weighted by Gasteiger charge is 2.16. The van der Waals surface area contributed by atoms with Crippen LogP contribution < -0.4 is 5.73 Å². The Hall–Kier alpha value is -1.13. The third kappa shape index (κ3) is 2.23. The van der Waals surface area contributed by atoms with Gasteiger partial charge in [0, 0.05) is 19.2 Å². The van der Waals surface area contributed by atoms with E-state index in [2.05, 4.69) is 39.2 Å². The van der Waals surface area contributed by atoms with Crippen LogP contribution in [-0.4, -0.2) is 9.78 Å². The lowest BCUT2D eigenvalue weighted by Gasteiger charge is -2.16. The van der Waals surface area contributed by atoms with Gasteiger partial charge in [-0.1, -0.05) is 12.1 Å². The van der Waals surface area contributed by atoms with Crippen LogP contribution in [0.15, 0.2) is 22.7 Å². The van der Waals surface area contributed by atoms with Gasteiger partial charge in [-0.05, 0) is 58.8 Å². The topological polar surface area (TPSA) is 43.8 Å². The summed E-state index contributed by atoms with van der Waals surface area (Å²) >= 11 is 3.63. The molecule has 3 nitrogen and oxygen atoms in total. The lowest BCUT2D eigenvalue weighted by molar-refractivity contribution is 0.685. The molecule has 1 aliphatic rings. The van der Waals surface area contributed by atoms with E-state index in [9.17, 15) is 0 Å². The Morgan fingerprint density at radius 1 is 1.26 bits per heavy atom. The first-order valence-electron chi connectivity index (χ1n) is 6.74. The van der Waals surface area contributed by atoms with Gasteiger partial charge in [0.25, 0.3) is 0 Å². The molecule has 100 valence electrons. The summed E-state index contributed by atoms with van der Waals surface area (Å²) in [4.78, 5) is 0. The van der Waals surface area contributed by atoms with Gasteiger partial charge < -0.3 is 5.73 Å². The molecule has 0 saturated heterocycles. The number of rotatable bonds is 2. The predicted octanol–water partition coefficient (Wildman–Crippen LogP) is 3.19. The Morgan fingerprint density at radius 2 is 2.00 bits per heavy atom. The van der Waals surface area contributed by atoms with Gasteiger partial charge in [-0.2, -0.15) is 5.10 Å². The average Bonchev–Trinajstić information content (AvgIpc) is 2.73. The number of aryl methyl sites for hydroxylation is 3. The third-order valence-electron chi connectivity index (χ3n) is 3.87. The van der Waals surface area contributed by atoms with E-state index in [1.807, 2.05) is 11.7 Å². The van der Waals surface area contributed by atoms with Gasteiger partial charge in [0.05, 0.1) is 15.9 Å². The van der Waals surface area contributed by atoms with Crippen LogP contribution in [-0.2, 0) is 26.4 Å². The van der Waals surface area contributed by atoms with Crippen LogP contribution in [0.4, 0.5) is 0 Å². The van der Waals surface area contributed by atoms with Crippen molar-refractivity contribution in [3.63, 3.8) is 0 Å². The summed E-state index contributed by atoms with van der Waals surface area (Å²) in [6, 6.07) is 6.79. The molecule has 1 aliphatic carbocycles. The molecule has 0 atom stereocenters. The molecular formula is C15H18BrN3. The van der Waals surface area contributed by atoms with Crippen molar-refractivity contribution in [1.82, 2.24) is 9.78 Å². The van der Waals surface area contributed by atoms with E-state index in [0.29, 0.717) is 6.54 Å². The van der Waals surface area contributed by atoms with Gasteiger partial charge in [-0.3, -0.25) is 4.68 Å². The molecule has 0 unspecified atom stereocenters. The molecule has 19 heavy (non-hydrogen) atoms. The summed E-state index contributed by atoms with van der Waals surface area (Å²) in [5.41, 5.74) is 12.0. The van der Waals surface area contributed by atoms with Crippen molar-refractivity contribution in [3.8, 4) is 11.3 Å². The quantitative estimate of drug-likeness (QED) is 0.923. The molecule has 3 rings (SSSR count). The second-order valence-corrected chi connectivity index (χ2v) is 5.92. The number of aromatic nitrogens is 2. The first kappa shape index (κ1) is 12.9. The van der Waals surface area contributed by atoms with Crippen LogP contribution in [0.1, 0.15) is 29.7 Å². The van der Waals surface area contributed by atoms with E-state index in [-0.39, 0.29) is 0 Å². The maximum atomic E-state index is 5.72. The second-order valence-electron chi connectivity index (χ2n) is 5.13. The molecule has 0 spiro atoms. The van der Waals surface area contributed by atoms with Crippen molar-refractivity contribution >= 4 is 15.9 Å². The maximum absolute atomic E-state index is 5.72. The minimum absolute atomic E-state index is 0.458. The SMILES string of the molecule is Cn1nc(CN)c(Br)c1-c1ccc2c(c1)CCCC2. The van der Waals surface area contributed by atoms with Crippen molar-refractivity contribution in [2.45, 2.75) is 32.2 Å². The largest absolute Gasteiger partial charge is 0.325 e. The Labute approximate surface area is 121 Å². The summed E-state index contributed by atoms with van der Waals surface area (Å²) in [7, 11) is 1.97. The molecule has 1 aromatic carbocycles. The molecule has 1 heterocycles. The van der Waals surface area contributed by atoms with E-state index in [4.69, 9.17) is 5.73 Å². The van der Waals surface area contributed by atoms with Crippen LogP contribution in [0.25, 0.3) is 11.3 Å². The minimum atomic E-state index is 0.458. The van der Waals surface area contributed by atoms with Crippen LogP contribution >= 0.6 is 15.9 Å². The molecule has 2 N–H and O–H groups in total. The van der Waals surface area contributed by atoms with Crippen molar-refractivity contribution in [2.75, 3.05) is 0 Å². The number of hydrogen-bond acceptors (Lipinski definition) is 2. The molecule has 0 radical (unpaired) electrons. The van der Waals surface area contributed by atoms with Gasteiger partial charge >= 0.3 is 0 Å². The maximum Gasteiger partial charge on any atom is 0.0908 e. The van der Waals surface area contributed by atoms with Crippen LogP contribution in [0.5, 0.6) is 0 Å². The molecule has 0 saturated carbocycles. The Morgan fingerprint density at radius 3 is 2.68 bits per heavy atom. The Bertz CT molecular complexity index is 616.